The number of esters is 1. The third-order valence-corrected chi connectivity index (χ3v) is 4.80. The smallest absolute Gasteiger partial charge is 0.322 e. The first kappa shape index (κ1) is 15.0. The first-order valence-electron chi connectivity index (χ1n) is 7.85. The zero-order chi connectivity index (χ0) is 15.7. The highest BCUT2D eigenvalue weighted by atomic mass is 16.5. The topological polar surface area (TPSA) is 29.5 Å². The zero-order valence-electron chi connectivity index (χ0n) is 13.5. The molecule has 3 heteroatoms. The molecule has 2 atom stereocenters. The lowest BCUT2D eigenvalue weighted by Crippen LogP contribution is -2.40. The van der Waals surface area contributed by atoms with Crippen LogP contribution in [0.2, 0.25) is 0 Å². The van der Waals surface area contributed by atoms with E-state index in [0.717, 1.165) is 30.7 Å². The Bertz CT molecular complexity index is 627. The van der Waals surface area contributed by atoms with Gasteiger partial charge in [0, 0.05) is 5.92 Å². The molecule has 116 valence electrons. The van der Waals surface area contributed by atoms with Crippen LogP contribution in [0.3, 0.4) is 0 Å². The van der Waals surface area contributed by atoms with Crippen molar-refractivity contribution in [3.8, 4) is 0 Å². The molecule has 0 saturated carbocycles. The fourth-order valence-electron chi connectivity index (χ4n) is 3.49. The molecule has 2 unspecified atom stereocenters. The summed E-state index contributed by atoms with van der Waals surface area (Å²) in [5, 5.41) is 0. The molecular weight excluding hydrogens is 274 g/mol. The molecule has 2 aliphatic rings. The van der Waals surface area contributed by atoms with E-state index >= 15 is 0 Å². The van der Waals surface area contributed by atoms with E-state index < -0.39 is 5.41 Å². The molecule has 0 radical (unpaired) electrons. The summed E-state index contributed by atoms with van der Waals surface area (Å²) in [6.07, 6.45) is 7.69. The molecule has 3 rings (SSSR count). The van der Waals surface area contributed by atoms with Crippen LogP contribution >= 0.6 is 0 Å². The van der Waals surface area contributed by atoms with Crippen molar-refractivity contribution in [2.45, 2.75) is 25.2 Å². The number of aryl methyl sites for hydroxylation is 1. The lowest BCUT2D eigenvalue weighted by Gasteiger charge is -2.33. The van der Waals surface area contributed by atoms with E-state index in [1.54, 1.807) is 0 Å². The van der Waals surface area contributed by atoms with Crippen LogP contribution in [0.4, 0.5) is 0 Å². The standard InChI is InChI=1S/C19H23NO2/c1-14-8-10-15(11-9-14)19(12-13-20(2)3)16-6-4-5-7-17(16)22-18(19)21/h4-5,7-11,16H,6,12-13H2,1-3H3. The van der Waals surface area contributed by atoms with Gasteiger partial charge in [0.1, 0.15) is 11.2 Å². The third kappa shape index (κ3) is 2.40. The maximum Gasteiger partial charge on any atom is 0.322 e. The molecule has 0 spiro atoms. The van der Waals surface area contributed by atoms with Crippen LogP contribution in [0.25, 0.3) is 0 Å². The zero-order valence-corrected chi connectivity index (χ0v) is 13.5. The normalized spacial score (nSPS) is 26.8. The highest BCUT2D eigenvalue weighted by molar-refractivity contribution is 5.88. The minimum absolute atomic E-state index is 0.0989. The van der Waals surface area contributed by atoms with Gasteiger partial charge < -0.3 is 9.64 Å². The summed E-state index contributed by atoms with van der Waals surface area (Å²) in [7, 11) is 4.08. The second-order valence-electron chi connectivity index (χ2n) is 6.57. The SMILES string of the molecule is Cc1ccc(C2(CCN(C)C)C(=O)OC3=CC=CCC32)cc1. The number of carbonyl (C=O) groups is 1. The van der Waals surface area contributed by atoms with Gasteiger partial charge in [0.2, 0.25) is 0 Å². The molecule has 1 saturated heterocycles. The van der Waals surface area contributed by atoms with Crippen LogP contribution in [0.15, 0.2) is 48.3 Å². The molecule has 1 aliphatic heterocycles. The molecule has 1 aromatic rings. The molecule has 1 fully saturated rings. The maximum atomic E-state index is 12.9. The summed E-state index contributed by atoms with van der Waals surface area (Å²) < 4.78 is 5.65. The van der Waals surface area contributed by atoms with Gasteiger partial charge in [-0.1, -0.05) is 42.0 Å². The average molecular weight is 297 g/mol. The Kier molecular flexibility index (Phi) is 3.92. The third-order valence-electron chi connectivity index (χ3n) is 4.80. The van der Waals surface area contributed by atoms with E-state index in [-0.39, 0.29) is 11.9 Å². The van der Waals surface area contributed by atoms with Crippen molar-refractivity contribution in [3.63, 3.8) is 0 Å². The van der Waals surface area contributed by atoms with Crippen molar-refractivity contribution in [2.24, 2.45) is 5.92 Å². The first-order valence-corrected chi connectivity index (χ1v) is 7.85. The number of fused-ring (bicyclic) bond motifs is 1. The van der Waals surface area contributed by atoms with Crippen molar-refractivity contribution < 1.29 is 9.53 Å². The molecule has 1 aromatic carbocycles. The molecule has 22 heavy (non-hydrogen) atoms. The summed E-state index contributed by atoms with van der Waals surface area (Å²) >= 11 is 0. The lowest BCUT2D eigenvalue weighted by atomic mass is 9.67. The second-order valence-corrected chi connectivity index (χ2v) is 6.57. The van der Waals surface area contributed by atoms with Crippen molar-refractivity contribution in [2.75, 3.05) is 20.6 Å². The van der Waals surface area contributed by atoms with E-state index in [9.17, 15) is 4.79 Å². The van der Waals surface area contributed by atoms with Gasteiger partial charge in [-0.25, -0.2) is 0 Å². The van der Waals surface area contributed by atoms with Gasteiger partial charge in [0.15, 0.2) is 0 Å². The fourth-order valence-corrected chi connectivity index (χ4v) is 3.49. The Balaban J connectivity index is 2.06. The van der Waals surface area contributed by atoms with Gasteiger partial charge >= 0.3 is 5.97 Å². The summed E-state index contributed by atoms with van der Waals surface area (Å²) in [6.45, 7) is 2.92. The first-order chi connectivity index (χ1) is 10.5. The van der Waals surface area contributed by atoms with E-state index in [1.165, 1.54) is 5.56 Å². The monoisotopic (exact) mass is 297 g/mol. The van der Waals surface area contributed by atoms with Gasteiger partial charge in [0.05, 0.1) is 0 Å². The van der Waals surface area contributed by atoms with E-state index in [4.69, 9.17) is 4.74 Å². The van der Waals surface area contributed by atoms with Crippen LogP contribution in [0.1, 0.15) is 24.0 Å². The molecule has 1 aliphatic carbocycles. The van der Waals surface area contributed by atoms with E-state index in [1.807, 2.05) is 26.2 Å². The molecule has 1 heterocycles. The predicted molar refractivity (Wildman–Crippen MR) is 87.5 cm³/mol. The quantitative estimate of drug-likeness (QED) is 0.799. The largest absolute Gasteiger partial charge is 0.430 e. The fraction of sp³-hybridized carbons (Fsp3) is 0.421. The van der Waals surface area contributed by atoms with Crippen LogP contribution in [0.5, 0.6) is 0 Å². The van der Waals surface area contributed by atoms with E-state index in [2.05, 4.69) is 42.2 Å². The highest BCUT2D eigenvalue weighted by Gasteiger charge is 2.55. The van der Waals surface area contributed by atoms with Crippen molar-refractivity contribution in [3.05, 3.63) is 59.4 Å². The Morgan fingerprint density at radius 1 is 1.27 bits per heavy atom. The van der Waals surface area contributed by atoms with Crippen LogP contribution in [0, 0.1) is 12.8 Å². The van der Waals surface area contributed by atoms with Crippen LogP contribution in [-0.2, 0) is 14.9 Å². The minimum atomic E-state index is -0.561. The molecule has 0 aromatic heterocycles. The summed E-state index contributed by atoms with van der Waals surface area (Å²) in [6, 6.07) is 8.35. The number of ether oxygens (including phenoxy) is 1. The average Bonchev–Trinajstić information content (AvgIpc) is 2.79. The second kappa shape index (κ2) is 5.73. The van der Waals surface area contributed by atoms with Crippen molar-refractivity contribution in [1.29, 1.82) is 0 Å². The summed E-state index contributed by atoms with van der Waals surface area (Å²) in [5.74, 6) is 0.845. The molecule has 0 bridgehead atoms. The van der Waals surface area contributed by atoms with Gasteiger partial charge in [-0.15, -0.1) is 0 Å². The number of benzene rings is 1. The van der Waals surface area contributed by atoms with Crippen molar-refractivity contribution >= 4 is 5.97 Å². The number of hydrogen-bond donors (Lipinski definition) is 0. The Hall–Kier alpha value is -1.87. The van der Waals surface area contributed by atoms with Crippen molar-refractivity contribution in [1.82, 2.24) is 4.90 Å². The lowest BCUT2D eigenvalue weighted by molar-refractivity contribution is -0.141. The number of carbonyl (C=O) groups excluding carboxylic acids is 1. The molecule has 3 nitrogen and oxygen atoms in total. The van der Waals surface area contributed by atoms with Gasteiger partial charge in [-0.2, -0.15) is 0 Å². The van der Waals surface area contributed by atoms with Gasteiger partial charge in [-0.05, 0) is 52.0 Å². The number of rotatable bonds is 4. The minimum Gasteiger partial charge on any atom is -0.430 e. The van der Waals surface area contributed by atoms with Gasteiger partial charge in [-0.3, -0.25) is 4.79 Å². The van der Waals surface area contributed by atoms with Crippen LogP contribution < -0.4 is 0 Å². The Labute approximate surface area is 132 Å². The van der Waals surface area contributed by atoms with E-state index in [0.29, 0.717) is 0 Å². The number of nitrogens with zero attached hydrogens (tertiary/aromatic N) is 1. The number of hydrogen-bond acceptors (Lipinski definition) is 3. The summed E-state index contributed by atoms with van der Waals surface area (Å²) in [5.41, 5.74) is 1.72. The predicted octanol–water partition coefficient (Wildman–Crippen LogP) is 3.20. The number of allylic oxidation sites excluding steroid dienone is 4. The molecule has 0 amide bonds. The Morgan fingerprint density at radius 2 is 2.00 bits per heavy atom. The molecule has 0 N–H and O–H groups in total. The summed E-state index contributed by atoms with van der Waals surface area (Å²) in [4.78, 5) is 15.0. The maximum absolute atomic E-state index is 12.9. The Morgan fingerprint density at radius 3 is 2.68 bits per heavy atom. The van der Waals surface area contributed by atoms with Crippen LogP contribution in [-0.4, -0.2) is 31.5 Å². The van der Waals surface area contributed by atoms with Gasteiger partial charge in [0.25, 0.3) is 0 Å². The highest BCUT2D eigenvalue weighted by Crippen LogP contribution is 2.50. The molecular formula is C19H23NO2.